The van der Waals surface area contributed by atoms with Crippen molar-refractivity contribution < 1.29 is 0 Å². The van der Waals surface area contributed by atoms with Crippen LogP contribution in [-0.4, -0.2) is 37.0 Å². The van der Waals surface area contributed by atoms with Gasteiger partial charge < -0.3 is 10.2 Å². The highest BCUT2D eigenvalue weighted by molar-refractivity contribution is 14.0. The van der Waals surface area contributed by atoms with Crippen LogP contribution in [0.5, 0.6) is 0 Å². The molecule has 120 valence electrons. The molecule has 3 saturated carbocycles. The summed E-state index contributed by atoms with van der Waals surface area (Å²) in [6, 6.07) is 0. The highest BCUT2D eigenvalue weighted by atomic mass is 127. The molecule has 1 saturated heterocycles. The van der Waals surface area contributed by atoms with Gasteiger partial charge in [-0.25, -0.2) is 0 Å². The lowest BCUT2D eigenvalue weighted by Crippen LogP contribution is -2.42. The second-order valence-corrected chi connectivity index (χ2v) is 7.83. The van der Waals surface area contributed by atoms with E-state index in [9.17, 15) is 0 Å². The van der Waals surface area contributed by atoms with Crippen LogP contribution in [0.4, 0.5) is 0 Å². The Hall–Kier alpha value is 0. The van der Waals surface area contributed by atoms with Crippen molar-refractivity contribution in [2.24, 2.45) is 21.7 Å². The van der Waals surface area contributed by atoms with Crippen molar-refractivity contribution in [1.29, 1.82) is 0 Å². The Morgan fingerprint density at radius 1 is 1.19 bits per heavy atom. The van der Waals surface area contributed by atoms with Crippen molar-refractivity contribution >= 4 is 29.9 Å². The van der Waals surface area contributed by atoms with Gasteiger partial charge in [0.15, 0.2) is 5.96 Å². The number of nitrogens with one attached hydrogen (secondary N) is 1. The number of hydrogen-bond acceptors (Lipinski definition) is 1. The Bertz CT molecular complexity index is 408. The molecular formula is C17H30IN3. The Kier molecular flexibility index (Phi) is 4.46. The molecule has 0 aromatic carbocycles. The molecule has 3 nitrogen and oxygen atoms in total. The summed E-state index contributed by atoms with van der Waals surface area (Å²) in [4.78, 5) is 7.59. The highest BCUT2D eigenvalue weighted by Gasteiger charge is 2.53. The second kappa shape index (κ2) is 5.89. The van der Waals surface area contributed by atoms with Crippen LogP contribution in [0, 0.1) is 16.7 Å². The topological polar surface area (TPSA) is 27.6 Å². The van der Waals surface area contributed by atoms with Crippen LogP contribution in [0.3, 0.4) is 0 Å². The van der Waals surface area contributed by atoms with Gasteiger partial charge in [0.1, 0.15) is 0 Å². The van der Waals surface area contributed by atoms with Gasteiger partial charge in [0, 0.05) is 26.2 Å². The van der Waals surface area contributed by atoms with Gasteiger partial charge in [-0.1, -0.05) is 6.42 Å². The molecule has 21 heavy (non-hydrogen) atoms. The molecule has 0 atom stereocenters. The highest BCUT2D eigenvalue weighted by Crippen LogP contribution is 2.61. The summed E-state index contributed by atoms with van der Waals surface area (Å²) >= 11 is 0. The predicted molar refractivity (Wildman–Crippen MR) is 98.3 cm³/mol. The molecule has 0 bridgehead atoms. The van der Waals surface area contributed by atoms with E-state index in [1.807, 2.05) is 0 Å². The first kappa shape index (κ1) is 15.9. The van der Waals surface area contributed by atoms with E-state index >= 15 is 0 Å². The van der Waals surface area contributed by atoms with Crippen molar-refractivity contribution in [3.8, 4) is 0 Å². The molecule has 0 unspecified atom stereocenters. The minimum absolute atomic E-state index is 0. The van der Waals surface area contributed by atoms with E-state index in [1.54, 1.807) is 0 Å². The van der Waals surface area contributed by atoms with Crippen LogP contribution in [0.25, 0.3) is 0 Å². The van der Waals surface area contributed by atoms with Crippen molar-refractivity contribution in [2.75, 3.05) is 26.2 Å². The number of rotatable bonds is 4. The molecule has 0 amide bonds. The number of hydrogen-bond donors (Lipinski definition) is 1. The Morgan fingerprint density at radius 2 is 1.95 bits per heavy atom. The van der Waals surface area contributed by atoms with Crippen LogP contribution >= 0.6 is 24.0 Å². The van der Waals surface area contributed by atoms with Crippen LogP contribution in [0.15, 0.2) is 4.99 Å². The lowest BCUT2D eigenvalue weighted by atomic mass is 9.68. The average Bonchev–Trinajstić information content (AvgIpc) is 3.30. The maximum Gasteiger partial charge on any atom is 0.193 e. The van der Waals surface area contributed by atoms with E-state index in [2.05, 4.69) is 17.1 Å². The summed E-state index contributed by atoms with van der Waals surface area (Å²) in [6.07, 6.45) is 11.6. The van der Waals surface area contributed by atoms with Gasteiger partial charge in [-0.3, -0.25) is 4.99 Å². The molecule has 1 spiro atoms. The maximum absolute atomic E-state index is 5.05. The van der Waals surface area contributed by atoms with Gasteiger partial charge in [0.05, 0.1) is 0 Å². The molecule has 3 aliphatic carbocycles. The van der Waals surface area contributed by atoms with Gasteiger partial charge in [-0.05, 0) is 68.6 Å². The fourth-order valence-electron chi connectivity index (χ4n) is 4.41. The monoisotopic (exact) mass is 403 g/mol. The summed E-state index contributed by atoms with van der Waals surface area (Å²) in [5, 5.41) is 3.55. The van der Waals surface area contributed by atoms with E-state index in [0.29, 0.717) is 10.8 Å². The minimum atomic E-state index is 0. The Balaban J connectivity index is 0.00000132. The molecule has 0 aromatic heterocycles. The van der Waals surface area contributed by atoms with Crippen LogP contribution in [0.1, 0.15) is 58.3 Å². The third-order valence-electron chi connectivity index (χ3n) is 6.37. The number of likely N-dealkylation sites (tertiary alicyclic amines) is 1. The molecule has 0 aromatic rings. The van der Waals surface area contributed by atoms with Crippen LogP contribution < -0.4 is 5.32 Å². The zero-order valence-electron chi connectivity index (χ0n) is 13.4. The molecule has 4 rings (SSSR count). The standard InChI is InChI=1S/C17H29N3.HI/c1-2-18-15(19-12-17(8-9-17)14-4-5-14)20-11-10-16(13-20)6-3-7-16;/h14H,2-13H2,1H3,(H,18,19);1H. The summed E-state index contributed by atoms with van der Waals surface area (Å²) in [7, 11) is 0. The van der Waals surface area contributed by atoms with Gasteiger partial charge in [-0.15, -0.1) is 24.0 Å². The average molecular weight is 403 g/mol. The number of guanidine groups is 1. The lowest BCUT2D eigenvalue weighted by Gasteiger charge is -2.38. The quantitative estimate of drug-likeness (QED) is 0.441. The summed E-state index contributed by atoms with van der Waals surface area (Å²) in [5.41, 5.74) is 1.30. The first-order valence-electron chi connectivity index (χ1n) is 8.79. The maximum atomic E-state index is 5.05. The summed E-state index contributed by atoms with van der Waals surface area (Å²) < 4.78 is 0. The van der Waals surface area contributed by atoms with Crippen LogP contribution in [-0.2, 0) is 0 Å². The molecule has 1 aliphatic heterocycles. The second-order valence-electron chi connectivity index (χ2n) is 7.83. The predicted octanol–water partition coefficient (Wildman–Crippen LogP) is 3.64. The zero-order chi connectivity index (χ0) is 13.6. The lowest BCUT2D eigenvalue weighted by molar-refractivity contribution is 0.151. The van der Waals surface area contributed by atoms with Crippen molar-refractivity contribution in [3.63, 3.8) is 0 Å². The summed E-state index contributed by atoms with van der Waals surface area (Å²) in [6.45, 7) is 6.76. The SMILES string of the molecule is CCNC(=NCC1(C2CC2)CC1)N1CCC2(CCC2)C1.I. The van der Waals surface area contributed by atoms with E-state index in [0.717, 1.165) is 19.0 Å². The molecule has 0 radical (unpaired) electrons. The fourth-order valence-corrected chi connectivity index (χ4v) is 4.41. The van der Waals surface area contributed by atoms with Crippen molar-refractivity contribution in [2.45, 2.75) is 58.3 Å². The van der Waals surface area contributed by atoms with Gasteiger partial charge in [-0.2, -0.15) is 0 Å². The third kappa shape index (κ3) is 3.06. The third-order valence-corrected chi connectivity index (χ3v) is 6.37. The smallest absolute Gasteiger partial charge is 0.193 e. The van der Waals surface area contributed by atoms with E-state index in [-0.39, 0.29) is 24.0 Å². The van der Waals surface area contributed by atoms with Gasteiger partial charge in [0.25, 0.3) is 0 Å². The van der Waals surface area contributed by atoms with Gasteiger partial charge in [0.2, 0.25) is 0 Å². The van der Waals surface area contributed by atoms with Crippen molar-refractivity contribution in [3.05, 3.63) is 0 Å². The normalized spacial score (nSPS) is 29.0. The first-order chi connectivity index (χ1) is 9.75. The molecule has 1 heterocycles. The first-order valence-corrected chi connectivity index (χ1v) is 8.79. The zero-order valence-corrected chi connectivity index (χ0v) is 15.7. The minimum Gasteiger partial charge on any atom is -0.357 e. The molecule has 4 fully saturated rings. The molecule has 4 aliphatic rings. The number of aliphatic imine (C=N–C) groups is 1. The molecule has 4 heteroatoms. The van der Waals surface area contributed by atoms with E-state index in [1.165, 1.54) is 70.4 Å². The summed E-state index contributed by atoms with van der Waals surface area (Å²) in [5.74, 6) is 2.23. The van der Waals surface area contributed by atoms with Gasteiger partial charge >= 0.3 is 0 Å². The Labute approximate surface area is 146 Å². The molecule has 1 N–H and O–H groups in total. The fraction of sp³-hybridized carbons (Fsp3) is 0.941. The van der Waals surface area contributed by atoms with E-state index in [4.69, 9.17) is 4.99 Å². The van der Waals surface area contributed by atoms with Crippen LogP contribution in [0.2, 0.25) is 0 Å². The number of halogens is 1. The van der Waals surface area contributed by atoms with E-state index < -0.39 is 0 Å². The number of nitrogens with zero attached hydrogens (tertiary/aromatic N) is 2. The largest absolute Gasteiger partial charge is 0.357 e. The molecular weight excluding hydrogens is 373 g/mol. The van der Waals surface area contributed by atoms with Crippen molar-refractivity contribution in [1.82, 2.24) is 10.2 Å². The Morgan fingerprint density at radius 3 is 2.43 bits per heavy atom.